The predicted octanol–water partition coefficient (Wildman–Crippen LogP) is 0.716. The number of rotatable bonds is 5. The minimum atomic E-state index is 0.327. The van der Waals surface area contributed by atoms with E-state index in [1.54, 1.807) is 18.1 Å². The Kier molecular flexibility index (Phi) is 2.49. The zero-order valence-electron chi connectivity index (χ0n) is 9.65. The summed E-state index contributed by atoms with van der Waals surface area (Å²) >= 11 is 1.69. The van der Waals surface area contributed by atoms with Gasteiger partial charge in [-0.3, -0.25) is 0 Å². The number of ether oxygens (including phenoxy) is 2. The molecule has 0 N–H and O–H groups in total. The fraction of sp³-hybridized carbons (Fsp3) is 0.545. The highest BCUT2D eigenvalue weighted by molar-refractivity contribution is 7.99. The third-order valence-electron chi connectivity index (χ3n) is 2.98. The number of nitrogens with zero attached hydrogens (tertiary/aromatic N) is 4. The van der Waals surface area contributed by atoms with Gasteiger partial charge < -0.3 is 14.0 Å². The number of epoxide rings is 2. The van der Waals surface area contributed by atoms with E-state index >= 15 is 0 Å². The van der Waals surface area contributed by atoms with Gasteiger partial charge in [-0.05, 0) is 0 Å². The van der Waals surface area contributed by atoms with Gasteiger partial charge in [0.05, 0.1) is 38.3 Å². The van der Waals surface area contributed by atoms with Crippen LogP contribution in [-0.2, 0) is 16.0 Å². The van der Waals surface area contributed by atoms with Crippen molar-refractivity contribution >= 4 is 22.9 Å². The van der Waals surface area contributed by atoms with Gasteiger partial charge in [0.2, 0.25) is 0 Å². The fourth-order valence-corrected chi connectivity index (χ4v) is 2.77. The molecule has 0 aliphatic carbocycles. The molecule has 2 atom stereocenters. The number of hydrogen-bond donors (Lipinski definition) is 0. The Hall–Kier alpha value is -1.18. The van der Waals surface area contributed by atoms with Crippen molar-refractivity contribution in [3.63, 3.8) is 0 Å². The molecule has 94 valence electrons. The average molecular weight is 264 g/mol. The Bertz CT molecular complexity index is 579. The lowest BCUT2D eigenvalue weighted by Gasteiger charge is -2.01. The highest BCUT2D eigenvalue weighted by Gasteiger charge is 2.25. The first-order valence-corrected chi connectivity index (χ1v) is 6.90. The van der Waals surface area contributed by atoms with Crippen molar-refractivity contribution in [1.29, 1.82) is 0 Å². The van der Waals surface area contributed by atoms with Crippen LogP contribution in [0.25, 0.3) is 11.2 Å². The van der Waals surface area contributed by atoms with Crippen molar-refractivity contribution in [2.24, 2.45) is 0 Å². The lowest BCUT2D eigenvalue weighted by atomic mass is 10.4. The topological polar surface area (TPSA) is 68.7 Å². The molecule has 0 aromatic carbocycles. The van der Waals surface area contributed by atoms with Crippen molar-refractivity contribution < 1.29 is 9.47 Å². The lowest BCUT2D eigenvalue weighted by Crippen LogP contribution is -2.03. The molecule has 7 heteroatoms. The summed E-state index contributed by atoms with van der Waals surface area (Å²) in [4.78, 5) is 13.0. The largest absolute Gasteiger partial charge is 0.372 e. The smallest absolute Gasteiger partial charge is 0.164 e. The quantitative estimate of drug-likeness (QED) is 0.450. The van der Waals surface area contributed by atoms with Gasteiger partial charge in [0, 0.05) is 5.75 Å². The summed E-state index contributed by atoms with van der Waals surface area (Å²) in [6.45, 7) is 2.53. The van der Waals surface area contributed by atoms with Crippen molar-refractivity contribution in [2.45, 2.75) is 23.8 Å². The Morgan fingerprint density at radius 2 is 2.06 bits per heavy atom. The van der Waals surface area contributed by atoms with Gasteiger partial charge in [0.25, 0.3) is 0 Å². The monoisotopic (exact) mass is 264 g/mol. The first kappa shape index (κ1) is 10.7. The second-order valence-electron chi connectivity index (χ2n) is 4.47. The molecule has 6 nitrogen and oxygen atoms in total. The molecule has 0 bridgehead atoms. The zero-order valence-corrected chi connectivity index (χ0v) is 10.5. The summed E-state index contributed by atoms with van der Waals surface area (Å²) in [5.41, 5.74) is 1.77. The van der Waals surface area contributed by atoms with Crippen LogP contribution in [0.5, 0.6) is 0 Å². The molecule has 18 heavy (non-hydrogen) atoms. The highest BCUT2D eigenvalue weighted by atomic mass is 32.2. The maximum Gasteiger partial charge on any atom is 0.164 e. The molecular formula is C11H12N4O2S. The molecule has 0 radical (unpaired) electrons. The molecule has 2 fully saturated rings. The molecule has 2 aliphatic rings. The average Bonchev–Trinajstić information content (AvgIpc) is 3.28. The van der Waals surface area contributed by atoms with Crippen LogP contribution in [0.1, 0.15) is 0 Å². The van der Waals surface area contributed by atoms with E-state index in [-0.39, 0.29) is 0 Å². The molecule has 2 aromatic heterocycles. The van der Waals surface area contributed by atoms with Crippen molar-refractivity contribution in [1.82, 2.24) is 19.5 Å². The molecular weight excluding hydrogens is 252 g/mol. The molecule has 2 unspecified atom stereocenters. The van der Waals surface area contributed by atoms with Crippen LogP contribution in [0.4, 0.5) is 0 Å². The van der Waals surface area contributed by atoms with Gasteiger partial charge in [-0.1, -0.05) is 0 Å². The van der Waals surface area contributed by atoms with Gasteiger partial charge in [-0.25, -0.2) is 15.0 Å². The van der Waals surface area contributed by atoms with Gasteiger partial charge in [0.15, 0.2) is 5.65 Å². The fourth-order valence-electron chi connectivity index (χ4n) is 1.83. The zero-order chi connectivity index (χ0) is 11.9. The molecule has 4 heterocycles. The molecule has 2 aliphatic heterocycles. The predicted molar refractivity (Wildman–Crippen MR) is 65.5 cm³/mol. The van der Waals surface area contributed by atoms with E-state index < -0.39 is 0 Å². The van der Waals surface area contributed by atoms with Crippen LogP contribution in [0.2, 0.25) is 0 Å². The Morgan fingerprint density at radius 3 is 2.83 bits per heavy atom. The first-order chi connectivity index (χ1) is 8.90. The maximum atomic E-state index is 5.23. The Labute approximate surface area is 108 Å². The van der Waals surface area contributed by atoms with Crippen LogP contribution in [-0.4, -0.2) is 50.7 Å². The Balaban J connectivity index is 1.62. The summed E-state index contributed by atoms with van der Waals surface area (Å²) in [6.07, 6.45) is 4.14. The highest BCUT2D eigenvalue weighted by Crippen LogP contribution is 2.27. The third-order valence-corrected chi connectivity index (χ3v) is 4.09. The summed E-state index contributed by atoms with van der Waals surface area (Å²) in [5.74, 6) is 0.935. The van der Waals surface area contributed by atoms with Crippen LogP contribution < -0.4 is 0 Å². The van der Waals surface area contributed by atoms with Crippen LogP contribution in [0, 0.1) is 0 Å². The van der Waals surface area contributed by atoms with Crippen molar-refractivity contribution in [2.75, 3.05) is 19.0 Å². The standard InChI is InChI=1S/C11H12N4O2S/c1(7-2-16-7)15-6-14-9-10(15)12-5-13-11(9)18-4-8-3-17-8/h5-8H,1-4H2. The van der Waals surface area contributed by atoms with Gasteiger partial charge in [-0.15, -0.1) is 11.8 Å². The summed E-state index contributed by atoms with van der Waals surface area (Å²) < 4.78 is 12.5. The van der Waals surface area contributed by atoms with Gasteiger partial charge >= 0.3 is 0 Å². The molecule has 0 spiro atoms. The van der Waals surface area contributed by atoms with E-state index in [1.807, 2.05) is 10.9 Å². The van der Waals surface area contributed by atoms with E-state index in [4.69, 9.17) is 9.47 Å². The van der Waals surface area contributed by atoms with Gasteiger partial charge in [-0.2, -0.15) is 0 Å². The lowest BCUT2D eigenvalue weighted by molar-refractivity contribution is 0.384. The number of aromatic nitrogens is 4. The van der Waals surface area contributed by atoms with Crippen molar-refractivity contribution in [3.05, 3.63) is 12.7 Å². The minimum absolute atomic E-state index is 0.327. The van der Waals surface area contributed by atoms with Crippen molar-refractivity contribution in [3.8, 4) is 0 Å². The first-order valence-electron chi connectivity index (χ1n) is 5.92. The van der Waals surface area contributed by atoms with E-state index in [1.165, 1.54) is 0 Å². The van der Waals surface area contributed by atoms with Crippen LogP contribution in [0.3, 0.4) is 0 Å². The normalized spacial score (nSPS) is 25.6. The summed E-state index contributed by atoms with van der Waals surface area (Å²) in [7, 11) is 0. The molecule has 2 aromatic rings. The molecule has 2 saturated heterocycles. The summed E-state index contributed by atoms with van der Waals surface area (Å²) in [5, 5.41) is 0.936. The molecule has 0 amide bonds. The minimum Gasteiger partial charge on any atom is -0.372 e. The van der Waals surface area contributed by atoms with Crippen LogP contribution >= 0.6 is 11.8 Å². The van der Waals surface area contributed by atoms with Crippen LogP contribution in [0.15, 0.2) is 17.7 Å². The number of hydrogen-bond acceptors (Lipinski definition) is 6. The summed E-state index contributed by atoms with van der Waals surface area (Å²) in [6, 6.07) is 0. The maximum absolute atomic E-state index is 5.23. The number of thioether (sulfide) groups is 1. The van der Waals surface area contributed by atoms with Gasteiger partial charge in [0.1, 0.15) is 16.9 Å². The SMILES string of the molecule is c1nc(SCC2CO2)c2ncn(CC3CO3)c2n1. The second-order valence-corrected chi connectivity index (χ2v) is 5.48. The van der Waals surface area contributed by atoms with E-state index in [2.05, 4.69) is 15.0 Å². The second kappa shape index (κ2) is 4.18. The van der Waals surface area contributed by atoms with E-state index in [0.29, 0.717) is 12.2 Å². The molecule has 4 rings (SSSR count). The third kappa shape index (κ3) is 2.09. The molecule has 0 saturated carbocycles. The number of fused-ring (bicyclic) bond motifs is 1. The van der Waals surface area contributed by atoms with E-state index in [0.717, 1.165) is 41.7 Å². The van der Waals surface area contributed by atoms with E-state index in [9.17, 15) is 0 Å². The Morgan fingerprint density at radius 1 is 1.22 bits per heavy atom. The number of imidazole rings is 1.